The highest BCUT2D eigenvalue weighted by atomic mass is 32.2. The molecule has 5 rings (SSSR count). The molecule has 3 aromatic carbocycles. The van der Waals surface area contributed by atoms with Crippen LogP contribution in [0.5, 0.6) is 0 Å². The first-order valence-electron chi connectivity index (χ1n) is 12.1. The predicted octanol–water partition coefficient (Wildman–Crippen LogP) is 6.47. The molecule has 0 unspecified atom stereocenters. The smallest absolute Gasteiger partial charge is 0.140 e. The minimum atomic E-state index is 0.706. The van der Waals surface area contributed by atoms with E-state index in [4.69, 9.17) is 4.98 Å². The molecule has 4 nitrogen and oxygen atoms in total. The predicted molar refractivity (Wildman–Crippen MR) is 147 cm³/mol. The fourth-order valence-electron chi connectivity index (χ4n) is 5.13. The van der Waals surface area contributed by atoms with Crippen LogP contribution in [0.1, 0.15) is 18.4 Å². The average molecular weight is 471 g/mol. The molecule has 0 radical (unpaired) electrons. The number of aromatic nitrogens is 2. The average Bonchev–Trinajstić information content (AvgIpc) is 3.21. The SMILES string of the molecule is CSc1ccc(-c2nc3c(C)cc(-c4ccc(N5CCC(N(C)C)CC5)cc4)cc3n2C)cc1. The van der Waals surface area contributed by atoms with Crippen LogP contribution in [0.15, 0.2) is 65.6 Å². The first-order chi connectivity index (χ1) is 16.4. The Bertz CT molecular complexity index is 1280. The van der Waals surface area contributed by atoms with Crippen molar-refractivity contribution >= 4 is 28.5 Å². The van der Waals surface area contributed by atoms with Crippen molar-refractivity contribution in [3.63, 3.8) is 0 Å². The van der Waals surface area contributed by atoms with Crippen LogP contribution in [0.2, 0.25) is 0 Å². The summed E-state index contributed by atoms with van der Waals surface area (Å²) in [5.41, 5.74) is 8.45. The third kappa shape index (κ3) is 4.35. The second-order valence-electron chi connectivity index (χ2n) is 9.61. The molecule has 1 aliphatic heterocycles. The van der Waals surface area contributed by atoms with Gasteiger partial charge in [-0.3, -0.25) is 0 Å². The second kappa shape index (κ2) is 9.47. The Morgan fingerprint density at radius 3 is 2.15 bits per heavy atom. The van der Waals surface area contributed by atoms with Crippen molar-refractivity contribution in [1.29, 1.82) is 0 Å². The zero-order chi connectivity index (χ0) is 23.8. The van der Waals surface area contributed by atoms with E-state index >= 15 is 0 Å². The first kappa shape index (κ1) is 23.0. The Hall–Kier alpha value is -2.76. The number of thioether (sulfide) groups is 1. The lowest BCUT2D eigenvalue weighted by molar-refractivity contribution is 0.249. The molecule has 0 amide bonds. The number of fused-ring (bicyclic) bond motifs is 1. The fraction of sp³-hybridized carbons (Fsp3) is 0.345. The van der Waals surface area contributed by atoms with Crippen LogP contribution in [0.4, 0.5) is 5.69 Å². The maximum atomic E-state index is 5.01. The van der Waals surface area contributed by atoms with Crippen molar-refractivity contribution in [1.82, 2.24) is 14.5 Å². The molecule has 1 aliphatic rings. The van der Waals surface area contributed by atoms with Crippen molar-refractivity contribution in [2.75, 3.05) is 38.3 Å². The lowest BCUT2D eigenvalue weighted by Gasteiger charge is -2.36. The van der Waals surface area contributed by atoms with E-state index in [1.807, 2.05) is 0 Å². The fourth-order valence-corrected chi connectivity index (χ4v) is 5.54. The van der Waals surface area contributed by atoms with Gasteiger partial charge in [-0.25, -0.2) is 4.98 Å². The molecule has 0 N–H and O–H groups in total. The van der Waals surface area contributed by atoms with Gasteiger partial charge in [0, 0.05) is 42.3 Å². The number of anilines is 1. The largest absolute Gasteiger partial charge is 0.371 e. The van der Waals surface area contributed by atoms with E-state index < -0.39 is 0 Å². The molecule has 0 bridgehead atoms. The molecule has 176 valence electrons. The van der Waals surface area contributed by atoms with E-state index in [9.17, 15) is 0 Å². The van der Waals surface area contributed by atoms with Gasteiger partial charge in [-0.1, -0.05) is 24.3 Å². The Labute approximate surface area is 207 Å². The van der Waals surface area contributed by atoms with E-state index in [1.165, 1.54) is 45.6 Å². The Kier molecular flexibility index (Phi) is 6.41. The number of piperidine rings is 1. The quantitative estimate of drug-likeness (QED) is 0.312. The van der Waals surface area contributed by atoms with Crippen LogP contribution in [-0.4, -0.2) is 53.9 Å². The first-order valence-corrected chi connectivity index (χ1v) is 13.3. The third-order valence-corrected chi connectivity index (χ3v) is 8.03. The molecule has 1 fully saturated rings. The summed E-state index contributed by atoms with van der Waals surface area (Å²) >= 11 is 1.76. The van der Waals surface area contributed by atoms with Gasteiger partial charge in [0.1, 0.15) is 5.82 Å². The van der Waals surface area contributed by atoms with Gasteiger partial charge in [0.15, 0.2) is 0 Å². The van der Waals surface area contributed by atoms with Gasteiger partial charge < -0.3 is 14.4 Å². The van der Waals surface area contributed by atoms with Gasteiger partial charge in [0.25, 0.3) is 0 Å². The number of rotatable bonds is 5. The van der Waals surface area contributed by atoms with E-state index in [1.54, 1.807) is 11.8 Å². The van der Waals surface area contributed by atoms with Crippen molar-refractivity contribution < 1.29 is 0 Å². The van der Waals surface area contributed by atoms with Crippen LogP contribution >= 0.6 is 11.8 Å². The highest BCUT2D eigenvalue weighted by Crippen LogP contribution is 2.32. The highest BCUT2D eigenvalue weighted by Gasteiger charge is 2.21. The van der Waals surface area contributed by atoms with E-state index in [-0.39, 0.29) is 0 Å². The summed E-state index contributed by atoms with van der Waals surface area (Å²) < 4.78 is 2.23. The molecule has 1 saturated heterocycles. The summed E-state index contributed by atoms with van der Waals surface area (Å²) in [4.78, 5) is 11.2. The third-order valence-electron chi connectivity index (χ3n) is 7.29. The van der Waals surface area contributed by atoms with Gasteiger partial charge in [-0.05, 0) is 93.2 Å². The molecular weight excluding hydrogens is 436 g/mol. The van der Waals surface area contributed by atoms with Gasteiger partial charge >= 0.3 is 0 Å². The normalized spacial score (nSPS) is 14.9. The molecular formula is C29H34N4S. The maximum Gasteiger partial charge on any atom is 0.140 e. The number of hydrogen-bond donors (Lipinski definition) is 0. The summed E-state index contributed by atoms with van der Waals surface area (Å²) in [6.45, 7) is 4.43. The molecule has 0 spiro atoms. The van der Waals surface area contributed by atoms with Crippen molar-refractivity contribution in [2.45, 2.75) is 30.7 Å². The lowest BCUT2D eigenvalue weighted by Crippen LogP contribution is -2.41. The minimum Gasteiger partial charge on any atom is -0.371 e. The molecule has 34 heavy (non-hydrogen) atoms. The molecule has 2 heterocycles. The molecule has 1 aromatic heterocycles. The van der Waals surface area contributed by atoms with E-state index in [2.05, 4.69) is 109 Å². The summed E-state index contributed by atoms with van der Waals surface area (Å²) in [6, 6.07) is 23.0. The van der Waals surface area contributed by atoms with Gasteiger partial charge in [-0.15, -0.1) is 11.8 Å². The van der Waals surface area contributed by atoms with Crippen molar-refractivity contribution in [3.05, 3.63) is 66.2 Å². The topological polar surface area (TPSA) is 24.3 Å². The van der Waals surface area contributed by atoms with Gasteiger partial charge in [0.2, 0.25) is 0 Å². The molecule has 0 atom stereocenters. The molecule has 0 aliphatic carbocycles. The number of imidazole rings is 1. The number of aryl methyl sites for hydroxylation is 2. The van der Waals surface area contributed by atoms with E-state index in [0.29, 0.717) is 6.04 Å². The minimum absolute atomic E-state index is 0.706. The molecule has 4 aromatic rings. The zero-order valence-corrected chi connectivity index (χ0v) is 21.7. The Morgan fingerprint density at radius 1 is 0.882 bits per heavy atom. The summed E-state index contributed by atoms with van der Waals surface area (Å²) in [7, 11) is 6.51. The number of hydrogen-bond acceptors (Lipinski definition) is 4. The molecule has 5 heteroatoms. The lowest BCUT2D eigenvalue weighted by atomic mass is 10.0. The molecule has 0 saturated carbocycles. The van der Waals surface area contributed by atoms with Crippen LogP contribution in [0, 0.1) is 6.92 Å². The van der Waals surface area contributed by atoms with Crippen molar-refractivity contribution in [3.8, 4) is 22.5 Å². The van der Waals surface area contributed by atoms with Gasteiger partial charge in [0.05, 0.1) is 11.0 Å². The Morgan fingerprint density at radius 2 is 1.53 bits per heavy atom. The summed E-state index contributed by atoms with van der Waals surface area (Å²) in [5.74, 6) is 1.01. The highest BCUT2D eigenvalue weighted by molar-refractivity contribution is 7.98. The summed E-state index contributed by atoms with van der Waals surface area (Å²) in [6.07, 6.45) is 4.56. The van der Waals surface area contributed by atoms with Crippen molar-refractivity contribution in [2.24, 2.45) is 7.05 Å². The number of benzene rings is 3. The zero-order valence-electron chi connectivity index (χ0n) is 20.9. The second-order valence-corrected chi connectivity index (χ2v) is 10.5. The van der Waals surface area contributed by atoms with Gasteiger partial charge in [-0.2, -0.15) is 0 Å². The van der Waals surface area contributed by atoms with Crippen LogP contribution in [0.3, 0.4) is 0 Å². The van der Waals surface area contributed by atoms with Crippen LogP contribution in [-0.2, 0) is 7.05 Å². The van der Waals surface area contributed by atoms with E-state index in [0.717, 1.165) is 30.0 Å². The standard InChI is InChI=1S/C29H34N4S/c1-20-18-23(21-6-10-25(11-7-21)33-16-14-24(15-17-33)31(2)3)19-27-28(20)30-29(32(27)4)22-8-12-26(34-5)13-9-22/h6-13,18-19,24H,14-17H2,1-5H3. The van der Waals surface area contributed by atoms with Crippen LogP contribution < -0.4 is 4.90 Å². The van der Waals surface area contributed by atoms with Crippen LogP contribution in [0.25, 0.3) is 33.5 Å². The number of nitrogens with zero attached hydrogens (tertiary/aromatic N) is 4. The summed E-state index contributed by atoms with van der Waals surface area (Å²) in [5, 5.41) is 0. The Balaban J connectivity index is 1.42. The maximum absolute atomic E-state index is 5.01. The monoisotopic (exact) mass is 470 g/mol.